The summed E-state index contributed by atoms with van der Waals surface area (Å²) in [6.45, 7) is 18.5. The van der Waals surface area contributed by atoms with E-state index in [-0.39, 0.29) is 41.2 Å². The van der Waals surface area contributed by atoms with Crippen molar-refractivity contribution >= 4 is 105 Å². The highest BCUT2D eigenvalue weighted by molar-refractivity contribution is 7.91. The molecule has 0 aliphatic carbocycles. The topological polar surface area (TPSA) is 487 Å². The molecule has 0 saturated heterocycles. The Kier molecular flexibility index (Phi) is 120. The molecule has 9 N–H and O–H groups in total. The number of carboxylic acid groups (broad SMARTS) is 1. The van der Waals surface area contributed by atoms with Gasteiger partial charge in [-0.05, 0) is 49.3 Å². The van der Waals surface area contributed by atoms with Gasteiger partial charge in [0.15, 0.2) is 0 Å². The van der Waals surface area contributed by atoms with Crippen LogP contribution in [-0.2, 0) is 98.3 Å². The highest BCUT2D eigenvalue weighted by Gasteiger charge is 2.01. The Bertz CT molecular complexity index is 2140. The number of primary amides is 1. The number of methoxy groups -OCH3 is 1. The zero-order valence-corrected chi connectivity index (χ0v) is 64.8. The zero-order chi connectivity index (χ0) is 75.2. The van der Waals surface area contributed by atoms with Gasteiger partial charge in [0.05, 0.1) is 32.1 Å². The van der Waals surface area contributed by atoms with Gasteiger partial charge >= 0.3 is 12.0 Å². The number of rotatable bonds is 5. The lowest BCUT2D eigenvalue weighted by molar-refractivity contribution is -0.138. The maximum absolute atomic E-state index is 10.3. The Labute approximate surface area is 525 Å². The lowest BCUT2D eigenvalue weighted by atomic mass is 10.6. The Morgan fingerprint density at radius 3 is 0.558 bits per heavy atom. The standard InChI is InChI=1S/C4H9NO.C3H8N2O.2C3H9NO2S.C3H7NO.2C3H9N.2C3H8O2S.C3H6O2.2C3H8.C2H7NO2S.C2H5NO.C2H6O2S.C2H4O2.CH5NO2S/c1-4(6)5(2)3;1-4-3(6)5-2;2*1-4(2)7(3,5)6;1-3(5)4-2;2*1-4(2)3;2*1-3-6(2,4)5;1-3(4)5-2;2*1-3-2;1-3-6(2,4)5;1-2(3)4;1-5(2,3)4;1-2(3)4;1-5(2,3)4/h1-3H3;1-2H3,(H2,4,5,6);2*1-3H3;1-2H3,(H,4,5);2*1-3H3;2*3H2,1-2H3;1-2H3;2*3H2,1-2H3;3H,1-2H3;1H3,(H2,3,4);1-2H3;1H3,(H,3,4);1H3,(H2,2,3,4). The van der Waals surface area contributed by atoms with Crippen molar-refractivity contribution in [3.05, 3.63) is 0 Å². The van der Waals surface area contributed by atoms with Gasteiger partial charge in [-0.3, -0.25) is 24.0 Å². The molecule has 86 heavy (non-hydrogen) atoms. The number of nitrogens with one attached hydrogen (secondary N) is 4. The molecule has 0 aromatic rings. The summed E-state index contributed by atoms with van der Waals surface area (Å²) in [6, 6.07) is -0.157. The summed E-state index contributed by atoms with van der Waals surface area (Å²) in [5, 5.41) is 18.9. The molecule has 40 heteroatoms. The lowest BCUT2D eigenvalue weighted by Crippen LogP contribution is -2.28. The average Bonchev–Trinajstić information content (AvgIpc) is 3.25. The van der Waals surface area contributed by atoms with Crippen LogP contribution in [0.5, 0.6) is 0 Å². The molecule has 0 aromatic heterocycles. The number of carboxylic acids is 1. The van der Waals surface area contributed by atoms with E-state index in [2.05, 4.69) is 64.0 Å². The van der Waals surface area contributed by atoms with Crippen molar-refractivity contribution in [2.24, 2.45) is 10.9 Å². The van der Waals surface area contributed by atoms with E-state index >= 15 is 0 Å². The van der Waals surface area contributed by atoms with Crippen LogP contribution in [0, 0.1) is 0 Å². The minimum Gasteiger partial charge on any atom is -0.481 e. The first-order chi connectivity index (χ1) is 37.3. The molecular formula is C46H125N11O22S7. The minimum absolute atomic E-state index is 0.00463. The SMILES string of the molecule is CC(=O)N(C)C.CC(=O)O.CC(N)=O.CCC.CCC.CCS(C)(=O)=O.CCS(C)(=O)=O.CN(C)C.CN(C)C.CN(C)S(C)(=O)=O.CN(C)S(C)(=O)=O.CNC(=O)NC.CNC(C)=O.CNS(C)(=O)=O.COC(C)=O.CS(C)(=O)=O.CS(N)(=O)=O. The number of hydrogen-bond donors (Lipinski definition) is 7. The molecule has 5 amide bonds. The van der Waals surface area contributed by atoms with E-state index in [1.165, 1.54) is 100 Å². The van der Waals surface area contributed by atoms with Gasteiger partial charge in [0.2, 0.25) is 57.8 Å². The second kappa shape index (κ2) is 81.0. The number of carbonyl (C=O) groups is 6. The smallest absolute Gasteiger partial charge is 0.314 e. The molecule has 0 fully saturated rings. The van der Waals surface area contributed by atoms with E-state index in [9.17, 15) is 82.9 Å². The van der Waals surface area contributed by atoms with Crippen molar-refractivity contribution < 1.29 is 97.5 Å². The molecule has 33 nitrogen and oxygen atoms in total. The molecule has 0 aliphatic rings. The number of carbonyl (C=O) groups excluding carboxylic acids is 5. The molecule has 538 valence electrons. The highest BCUT2D eigenvalue weighted by Crippen LogP contribution is 1.84. The summed E-state index contributed by atoms with van der Waals surface area (Å²) < 4.78 is 147. The predicted molar refractivity (Wildman–Crippen MR) is 356 cm³/mol. The van der Waals surface area contributed by atoms with Crippen molar-refractivity contribution in [1.29, 1.82) is 0 Å². The monoisotopic (exact) mass is 1410 g/mol. The Morgan fingerprint density at radius 1 is 0.465 bits per heavy atom. The molecular weight excluding hydrogens is 1280 g/mol. The first kappa shape index (κ1) is 127. The number of sulfonamides is 4. The van der Waals surface area contributed by atoms with E-state index in [1.807, 2.05) is 52.1 Å². The number of amides is 5. The van der Waals surface area contributed by atoms with E-state index in [1.54, 1.807) is 49.1 Å². The van der Waals surface area contributed by atoms with Crippen molar-refractivity contribution in [3.8, 4) is 0 Å². The fourth-order valence-corrected chi connectivity index (χ4v) is 0.125. The molecule has 0 aliphatic heterocycles. The lowest BCUT2D eigenvalue weighted by Gasteiger charge is -2.02. The molecule has 0 aromatic carbocycles. The summed E-state index contributed by atoms with van der Waals surface area (Å²) in [4.78, 5) is 63.1. The molecule has 0 atom stereocenters. The summed E-state index contributed by atoms with van der Waals surface area (Å²) in [5.41, 5.74) is 4.47. The van der Waals surface area contributed by atoms with E-state index in [0.717, 1.165) is 53.1 Å². The van der Waals surface area contributed by atoms with E-state index < -0.39 is 75.6 Å². The predicted octanol–water partition coefficient (Wildman–Crippen LogP) is -0.810. The molecule has 0 rings (SSSR count). The third-order valence-electron chi connectivity index (χ3n) is 4.47. The number of urea groups is 1. The van der Waals surface area contributed by atoms with Crippen molar-refractivity contribution in [3.63, 3.8) is 0 Å². The number of aliphatic carboxylic acids is 1. The third kappa shape index (κ3) is 593. The van der Waals surface area contributed by atoms with E-state index in [4.69, 9.17) is 9.90 Å². The Balaban J connectivity index is -0.0000000394. The fraction of sp³-hybridized carbons (Fsp3) is 0.870. The average molecular weight is 1410 g/mol. The van der Waals surface area contributed by atoms with Gasteiger partial charge in [0.25, 0.3) is 5.97 Å². The maximum atomic E-state index is 10.3. The third-order valence-corrected chi connectivity index (χ3v) is 9.96. The molecule has 0 radical (unpaired) electrons. The first-order valence-corrected chi connectivity index (χ1v) is 38.4. The quantitative estimate of drug-likeness (QED) is 0.166. The molecule has 0 spiro atoms. The summed E-state index contributed by atoms with van der Waals surface area (Å²) in [6.07, 6.45) is 11.6. The van der Waals surface area contributed by atoms with Crippen LogP contribution < -0.4 is 31.5 Å². The van der Waals surface area contributed by atoms with Gasteiger partial charge < -0.3 is 46.2 Å². The number of esters is 1. The normalized spacial score (nSPS) is 9.50. The van der Waals surface area contributed by atoms with Crippen molar-refractivity contribution in [1.82, 2.24) is 44.0 Å². The second-order valence-corrected chi connectivity index (χ2v) is 32.6. The zero-order valence-electron chi connectivity index (χ0n) is 59.1. The van der Waals surface area contributed by atoms with Crippen LogP contribution in [0.4, 0.5) is 4.79 Å². The van der Waals surface area contributed by atoms with Gasteiger partial charge in [-0.25, -0.2) is 82.2 Å². The Hall–Kier alpha value is -3.97. The fourth-order valence-electron chi connectivity index (χ4n) is 0.125. The first-order valence-electron chi connectivity index (χ1n) is 24.4. The van der Waals surface area contributed by atoms with Crippen LogP contribution in [0.1, 0.15) is 89.0 Å². The molecule has 0 bridgehead atoms. The van der Waals surface area contributed by atoms with Crippen LogP contribution in [-0.4, -0.2) is 304 Å². The number of nitrogens with two attached hydrogens (primary N) is 2. The number of sulfone groups is 3. The summed E-state index contributed by atoms with van der Waals surface area (Å²) in [7, 11) is 9.00. The van der Waals surface area contributed by atoms with Crippen molar-refractivity contribution in [2.45, 2.75) is 89.0 Å². The van der Waals surface area contributed by atoms with Gasteiger partial charge in [0, 0.05) is 135 Å². The van der Waals surface area contributed by atoms with E-state index in [0.29, 0.717) is 0 Å². The second-order valence-electron chi connectivity index (χ2n) is 17.4. The Morgan fingerprint density at radius 2 is 0.558 bits per heavy atom. The summed E-state index contributed by atoms with van der Waals surface area (Å²) >= 11 is 0. The van der Waals surface area contributed by atoms with Gasteiger partial charge in [-0.15, -0.1) is 0 Å². The van der Waals surface area contributed by atoms with Crippen LogP contribution in [0.2, 0.25) is 0 Å². The molecule has 0 heterocycles. The largest absolute Gasteiger partial charge is 0.481 e. The van der Waals surface area contributed by atoms with Crippen LogP contribution in [0.15, 0.2) is 0 Å². The van der Waals surface area contributed by atoms with Crippen LogP contribution in [0.3, 0.4) is 0 Å². The number of nitrogens with zero attached hydrogens (tertiary/aromatic N) is 5. The van der Waals surface area contributed by atoms with Crippen molar-refractivity contribution in [2.75, 3.05) is 181 Å². The maximum Gasteiger partial charge on any atom is 0.314 e. The van der Waals surface area contributed by atoms with Gasteiger partial charge in [-0.1, -0.05) is 54.4 Å². The molecule has 0 saturated carbocycles. The van der Waals surface area contributed by atoms with Crippen LogP contribution in [0.25, 0.3) is 0 Å². The highest BCUT2D eigenvalue weighted by atomic mass is 32.2. The van der Waals surface area contributed by atoms with Gasteiger partial charge in [-0.2, -0.15) is 0 Å². The number of ether oxygens (including phenoxy) is 1. The number of primary sulfonamides is 1. The molecule has 0 unspecified atom stereocenters. The summed E-state index contributed by atoms with van der Waals surface area (Å²) in [5.74, 6) is -0.829. The minimum atomic E-state index is -3.17. The van der Waals surface area contributed by atoms with Crippen LogP contribution >= 0.6 is 0 Å². The van der Waals surface area contributed by atoms with Gasteiger partial charge in [0.1, 0.15) is 29.5 Å². The number of hydrogen-bond acceptors (Lipinski definition) is 23.